The van der Waals surface area contributed by atoms with E-state index in [9.17, 15) is 8.42 Å². The number of sulfone groups is 1. The summed E-state index contributed by atoms with van der Waals surface area (Å²) in [4.78, 5) is 0.391. The van der Waals surface area contributed by atoms with Crippen molar-refractivity contribution in [2.24, 2.45) is 0 Å². The number of hydrogen-bond donors (Lipinski definition) is 0. The van der Waals surface area contributed by atoms with Gasteiger partial charge in [0.05, 0.1) is 21.7 Å². The molecule has 3 nitrogen and oxygen atoms in total. The van der Waals surface area contributed by atoms with E-state index in [0.29, 0.717) is 15.1 Å². The van der Waals surface area contributed by atoms with Gasteiger partial charge < -0.3 is 4.74 Å². The molecule has 0 saturated heterocycles. The van der Waals surface area contributed by atoms with Gasteiger partial charge in [-0.25, -0.2) is 8.42 Å². The summed E-state index contributed by atoms with van der Waals surface area (Å²) in [5, 5.41) is -0.216. The van der Waals surface area contributed by atoms with Crippen molar-refractivity contribution >= 4 is 25.8 Å². The number of hydrogen-bond acceptors (Lipinski definition) is 3. The Kier molecular flexibility index (Phi) is 4.33. The smallest absolute Gasteiger partial charge is 0.181 e. The van der Waals surface area contributed by atoms with E-state index in [1.807, 2.05) is 0 Å². The van der Waals surface area contributed by atoms with Gasteiger partial charge in [-0.1, -0.05) is 19.3 Å². The molecule has 0 aliphatic heterocycles. The Morgan fingerprint density at radius 3 is 2.44 bits per heavy atom. The van der Waals surface area contributed by atoms with E-state index in [2.05, 4.69) is 15.9 Å². The predicted molar refractivity (Wildman–Crippen MR) is 74.8 cm³/mol. The molecule has 0 atom stereocenters. The predicted octanol–water partition coefficient (Wildman–Crippen LogP) is 3.56. The average molecular weight is 333 g/mol. The third-order valence-electron chi connectivity index (χ3n) is 3.44. The van der Waals surface area contributed by atoms with Crippen LogP contribution in [0.2, 0.25) is 0 Å². The van der Waals surface area contributed by atoms with Crippen LogP contribution in [0.15, 0.2) is 27.6 Å². The van der Waals surface area contributed by atoms with Crippen LogP contribution in [0.3, 0.4) is 0 Å². The minimum absolute atomic E-state index is 0.216. The maximum Gasteiger partial charge on any atom is 0.181 e. The normalized spacial score (nSPS) is 17.7. The number of halogens is 1. The lowest BCUT2D eigenvalue weighted by atomic mass is 10.0. The Hall–Kier alpha value is -0.550. The van der Waals surface area contributed by atoms with Crippen LogP contribution < -0.4 is 4.74 Å². The molecule has 0 spiro atoms. The van der Waals surface area contributed by atoms with E-state index < -0.39 is 9.84 Å². The monoisotopic (exact) mass is 332 g/mol. The minimum atomic E-state index is -3.20. The summed E-state index contributed by atoms with van der Waals surface area (Å²) >= 11 is 3.33. The van der Waals surface area contributed by atoms with Gasteiger partial charge in [-0.3, -0.25) is 0 Å². The maximum absolute atomic E-state index is 12.5. The van der Waals surface area contributed by atoms with Crippen LogP contribution in [0.25, 0.3) is 0 Å². The summed E-state index contributed by atoms with van der Waals surface area (Å²) in [6.45, 7) is 0. The van der Waals surface area contributed by atoms with Crippen LogP contribution in [0, 0.1) is 0 Å². The van der Waals surface area contributed by atoms with Crippen LogP contribution in [0.1, 0.15) is 32.1 Å². The summed E-state index contributed by atoms with van der Waals surface area (Å²) in [6, 6.07) is 4.97. The first-order chi connectivity index (χ1) is 8.55. The highest BCUT2D eigenvalue weighted by Crippen LogP contribution is 2.32. The molecule has 1 saturated carbocycles. The fourth-order valence-electron chi connectivity index (χ4n) is 2.39. The Labute approximate surface area is 117 Å². The molecule has 0 unspecified atom stereocenters. The first-order valence-corrected chi connectivity index (χ1v) is 8.47. The first-order valence-electron chi connectivity index (χ1n) is 6.13. The molecular weight excluding hydrogens is 316 g/mol. The van der Waals surface area contributed by atoms with Crippen molar-refractivity contribution in [3.05, 3.63) is 22.7 Å². The molecule has 0 N–H and O–H groups in total. The Bertz CT molecular complexity index is 519. The van der Waals surface area contributed by atoms with Crippen LogP contribution in [0.4, 0.5) is 0 Å². The summed E-state index contributed by atoms with van der Waals surface area (Å²) < 4.78 is 30.8. The molecule has 1 aromatic carbocycles. The van der Waals surface area contributed by atoms with Gasteiger partial charge in [0.1, 0.15) is 5.75 Å². The quantitative estimate of drug-likeness (QED) is 0.849. The summed E-state index contributed by atoms with van der Waals surface area (Å²) in [5.41, 5.74) is 0. The molecule has 1 aliphatic carbocycles. The molecule has 1 fully saturated rings. The zero-order chi connectivity index (χ0) is 13.2. The fraction of sp³-hybridized carbons (Fsp3) is 0.538. The molecule has 100 valence electrons. The Morgan fingerprint density at radius 1 is 1.22 bits per heavy atom. The molecule has 0 bridgehead atoms. The number of methoxy groups -OCH3 is 1. The van der Waals surface area contributed by atoms with Crippen molar-refractivity contribution in [1.82, 2.24) is 0 Å². The van der Waals surface area contributed by atoms with E-state index in [4.69, 9.17) is 4.74 Å². The van der Waals surface area contributed by atoms with Crippen molar-refractivity contribution in [2.75, 3.05) is 7.11 Å². The third kappa shape index (κ3) is 2.72. The van der Waals surface area contributed by atoms with E-state index in [1.165, 1.54) is 0 Å². The summed E-state index contributed by atoms with van der Waals surface area (Å²) in [6.07, 6.45) is 4.75. The Morgan fingerprint density at radius 2 is 1.89 bits per heavy atom. The number of benzene rings is 1. The molecule has 0 radical (unpaired) electrons. The zero-order valence-electron chi connectivity index (χ0n) is 10.4. The minimum Gasteiger partial charge on any atom is -0.496 e. The molecule has 18 heavy (non-hydrogen) atoms. The highest BCUT2D eigenvalue weighted by atomic mass is 79.9. The van der Waals surface area contributed by atoms with Crippen molar-refractivity contribution in [3.63, 3.8) is 0 Å². The molecule has 1 aliphatic rings. The first kappa shape index (κ1) is 13.9. The van der Waals surface area contributed by atoms with Crippen LogP contribution in [-0.2, 0) is 9.84 Å². The van der Waals surface area contributed by atoms with Gasteiger partial charge in [0, 0.05) is 0 Å². The molecule has 0 aromatic heterocycles. The van der Waals surface area contributed by atoms with Crippen LogP contribution in [0.5, 0.6) is 5.75 Å². The maximum atomic E-state index is 12.5. The van der Waals surface area contributed by atoms with Gasteiger partial charge in [-0.2, -0.15) is 0 Å². The van der Waals surface area contributed by atoms with Crippen LogP contribution in [-0.4, -0.2) is 20.8 Å². The van der Waals surface area contributed by atoms with E-state index >= 15 is 0 Å². The van der Waals surface area contributed by atoms with Gasteiger partial charge in [0.25, 0.3) is 0 Å². The van der Waals surface area contributed by atoms with Crippen molar-refractivity contribution in [2.45, 2.75) is 42.2 Å². The van der Waals surface area contributed by atoms with Crippen molar-refractivity contribution in [1.29, 1.82) is 0 Å². The lowest BCUT2D eigenvalue weighted by Gasteiger charge is -2.22. The molecule has 1 aromatic rings. The topological polar surface area (TPSA) is 43.4 Å². The SMILES string of the molecule is COc1ccc(S(=O)(=O)C2CCCCC2)cc1Br. The number of rotatable bonds is 3. The Balaban J connectivity index is 2.32. The fourth-order valence-corrected chi connectivity index (χ4v) is 4.96. The van der Waals surface area contributed by atoms with Gasteiger partial charge in [-0.15, -0.1) is 0 Å². The van der Waals surface area contributed by atoms with E-state index in [-0.39, 0.29) is 5.25 Å². The summed E-state index contributed by atoms with van der Waals surface area (Å²) in [5.74, 6) is 0.651. The van der Waals surface area contributed by atoms with Gasteiger partial charge in [0.15, 0.2) is 9.84 Å². The van der Waals surface area contributed by atoms with Gasteiger partial charge in [0.2, 0.25) is 0 Å². The largest absolute Gasteiger partial charge is 0.496 e. The van der Waals surface area contributed by atoms with Crippen molar-refractivity contribution < 1.29 is 13.2 Å². The van der Waals surface area contributed by atoms with E-state index in [0.717, 1.165) is 32.1 Å². The van der Waals surface area contributed by atoms with Crippen LogP contribution >= 0.6 is 15.9 Å². The van der Waals surface area contributed by atoms with E-state index in [1.54, 1.807) is 25.3 Å². The van der Waals surface area contributed by atoms with Crippen molar-refractivity contribution in [3.8, 4) is 5.75 Å². The van der Waals surface area contributed by atoms with Gasteiger partial charge in [-0.05, 0) is 47.0 Å². The molecule has 0 heterocycles. The molecule has 5 heteroatoms. The second kappa shape index (κ2) is 5.61. The zero-order valence-corrected chi connectivity index (χ0v) is 12.8. The standard InChI is InChI=1S/C13H17BrO3S/c1-17-13-8-7-11(9-12(13)14)18(15,16)10-5-3-2-4-6-10/h7-10H,2-6H2,1H3. The second-order valence-corrected chi connectivity index (χ2v) is 7.68. The lowest BCUT2D eigenvalue weighted by Crippen LogP contribution is -2.24. The highest BCUT2D eigenvalue weighted by molar-refractivity contribution is 9.10. The highest BCUT2D eigenvalue weighted by Gasteiger charge is 2.29. The molecule has 0 amide bonds. The molecular formula is C13H17BrO3S. The number of ether oxygens (including phenoxy) is 1. The summed E-state index contributed by atoms with van der Waals surface area (Å²) in [7, 11) is -1.63. The lowest BCUT2D eigenvalue weighted by molar-refractivity contribution is 0.411. The molecule has 2 rings (SSSR count). The second-order valence-electron chi connectivity index (χ2n) is 4.60. The third-order valence-corrected chi connectivity index (χ3v) is 6.32. The van der Waals surface area contributed by atoms with Gasteiger partial charge >= 0.3 is 0 Å². The average Bonchev–Trinajstić information content (AvgIpc) is 2.39.